The Labute approximate surface area is 120 Å². The first-order chi connectivity index (χ1) is 9.49. The van der Waals surface area contributed by atoms with Crippen molar-refractivity contribution in [2.75, 3.05) is 5.75 Å². The summed E-state index contributed by atoms with van der Waals surface area (Å²) in [6, 6.07) is 11.4. The summed E-state index contributed by atoms with van der Waals surface area (Å²) in [5, 5.41) is 0. The van der Waals surface area contributed by atoms with Crippen LogP contribution in [0.5, 0.6) is 0 Å². The van der Waals surface area contributed by atoms with E-state index in [1.54, 1.807) is 12.1 Å². The molecule has 0 bridgehead atoms. The van der Waals surface area contributed by atoms with Crippen LogP contribution in [0.2, 0.25) is 0 Å². The van der Waals surface area contributed by atoms with E-state index < -0.39 is 16.6 Å². The van der Waals surface area contributed by atoms with Crippen molar-refractivity contribution in [1.82, 2.24) is 0 Å². The van der Waals surface area contributed by atoms with E-state index in [4.69, 9.17) is 0 Å². The predicted molar refractivity (Wildman–Crippen MR) is 77.9 cm³/mol. The topological polar surface area (TPSA) is 34.1 Å². The molecule has 0 heterocycles. The second-order valence-corrected chi connectivity index (χ2v) is 6.08. The van der Waals surface area contributed by atoms with Crippen LogP contribution in [0.25, 0.3) is 0 Å². The number of rotatable bonds is 4. The molecule has 4 heteroatoms. The molecule has 2 aromatic rings. The van der Waals surface area contributed by atoms with E-state index in [0.717, 1.165) is 11.1 Å². The molecule has 104 valence electrons. The van der Waals surface area contributed by atoms with E-state index in [0.29, 0.717) is 5.56 Å². The van der Waals surface area contributed by atoms with Gasteiger partial charge in [-0.2, -0.15) is 0 Å². The van der Waals surface area contributed by atoms with Crippen LogP contribution in [-0.4, -0.2) is 15.7 Å². The molecule has 1 atom stereocenters. The van der Waals surface area contributed by atoms with Crippen molar-refractivity contribution in [3.05, 3.63) is 65.0 Å². The Morgan fingerprint density at radius 1 is 1.15 bits per heavy atom. The molecule has 0 saturated carbocycles. The van der Waals surface area contributed by atoms with Crippen LogP contribution in [0.15, 0.2) is 47.4 Å². The van der Waals surface area contributed by atoms with Gasteiger partial charge < -0.3 is 0 Å². The number of carbonyl (C=O) groups excluding carboxylic acids is 1. The number of hydrogen-bond acceptors (Lipinski definition) is 2. The minimum atomic E-state index is -1.66. The van der Waals surface area contributed by atoms with Crippen LogP contribution in [0.4, 0.5) is 4.39 Å². The van der Waals surface area contributed by atoms with E-state index in [1.807, 2.05) is 26.0 Å². The monoisotopic (exact) mass is 290 g/mol. The van der Waals surface area contributed by atoms with Gasteiger partial charge in [-0.25, -0.2) is 4.39 Å². The van der Waals surface area contributed by atoms with Gasteiger partial charge in [0.1, 0.15) is 5.82 Å². The number of halogens is 1. The lowest BCUT2D eigenvalue weighted by molar-refractivity contribution is 0.102. The first kappa shape index (κ1) is 14.6. The second-order valence-electron chi connectivity index (χ2n) is 4.66. The van der Waals surface area contributed by atoms with Crippen LogP contribution < -0.4 is 0 Å². The first-order valence-electron chi connectivity index (χ1n) is 6.22. The molecule has 20 heavy (non-hydrogen) atoms. The van der Waals surface area contributed by atoms with Crippen LogP contribution in [0.3, 0.4) is 0 Å². The van der Waals surface area contributed by atoms with Crippen LogP contribution in [0, 0.1) is 19.7 Å². The molecular formula is C16H15FO2S. The van der Waals surface area contributed by atoms with Gasteiger partial charge in [-0.15, -0.1) is 0 Å². The minimum Gasteiger partial charge on any atom is -0.293 e. The fourth-order valence-corrected chi connectivity index (χ4v) is 3.01. The maximum atomic E-state index is 13.5. The molecule has 0 saturated heterocycles. The Hall–Kier alpha value is -1.81. The minimum absolute atomic E-state index is 0.0751. The summed E-state index contributed by atoms with van der Waals surface area (Å²) < 4.78 is 25.6. The van der Waals surface area contributed by atoms with Gasteiger partial charge in [0.2, 0.25) is 0 Å². The highest BCUT2D eigenvalue weighted by Gasteiger charge is 2.16. The summed E-state index contributed by atoms with van der Waals surface area (Å²) in [6.07, 6.45) is 0. The Kier molecular flexibility index (Phi) is 4.45. The smallest absolute Gasteiger partial charge is 0.175 e. The predicted octanol–water partition coefficient (Wildman–Crippen LogP) is 3.43. The molecule has 0 aliphatic heterocycles. The summed E-state index contributed by atoms with van der Waals surface area (Å²) in [6.45, 7) is 3.72. The van der Waals surface area contributed by atoms with E-state index >= 15 is 0 Å². The van der Waals surface area contributed by atoms with E-state index in [2.05, 4.69) is 0 Å². The molecule has 2 rings (SSSR count). The Balaban J connectivity index is 2.22. The SMILES string of the molecule is Cc1ccc(C)c(C(=O)CS(=O)c2ccccc2F)c1. The molecule has 0 N–H and O–H groups in total. The van der Waals surface area contributed by atoms with Crippen molar-refractivity contribution in [2.24, 2.45) is 0 Å². The van der Waals surface area contributed by atoms with Crippen LogP contribution in [-0.2, 0) is 10.8 Å². The van der Waals surface area contributed by atoms with Gasteiger partial charge in [0, 0.05) is 5.56 Å². The molecule has 0 radical (unpaired) electrons. The number of carbonyl (C=O) groups is 1. The normalized spacial score (nSPS) is 12.2. The number of hydrogen-bond donors (Lipinski definition) is 0. The maximum absolute atomic E-state index is 13.5. The third kappa shape index (κ3) is 3.20. The van der Waals surface area contributed by atoms with Gasteiger partial charge >= 0.3 is 0 Å². The standard InChI is InChI=1S/C16H15FO2S/c1-11-7-8-12(2)13(9-11)15(18)10-20(19)16-6-4-3-5-14(16)17/h3-9H,10H2,1-2H3. The summed E-state index contributed by atoms with van der Waals surface area (Å²) in [5.74, 6) is -0.974. The summed E-state index contributed by atoms with van der Waals surface area (Å²) in [7, 11) is -1.66. The van der Waals surface area contributed by atoms with E-state index in [9.17, 15) is 13.4 Å². The third-order valence-electron chi connectivity index (χ3n) is 3.04. The lowest BCUT2D eigenvalue weighted by Gasteiger charge is -2.07. The molecule has 0 amide bonds. The molecular weight excluding hydrogens is 275 g/mol. The zero-order valence-corrected chi connectivity index (χ0v) is 12.2. The fourth-order valence-electron chi connectivity index (χ4n) is 1.94. The van der Waals surface area contributed by atoms with Crippen molar-refractivity contribution >= 4 is 16.6 Å². The molecule has 0 spiro atoms. The molecule has 0 aliphatic rings. The lowest BCUT2D eigenvalue weighted by atomic mass is 10.0. The average Bonchev–Trinajstić information content (AvgIpc) is 2.41. The molecule has 0 aliphatic carbocycles. The number of benzene rings is 2. The van der Waals surface area contributed by atoms with E-state index in [-0.39, 0.29) is 16.4 Å². The van der Waals surface area contributed by atoms with Crippen molar-refractivity contribution < 1.29 is 13.4 Å². The molecule has 0 fully saturated rings. The van der Waals surface area contributed by atoms with Crippen molar-refractivity contribution in [3.63, 3.8) is 0 Å². The molecule has 0 aromatic heterocycles. The average molecular weight is 290 g/mol. The lowest BCUT2D eigenvalue weighted by Crippen LogP contribution is -2.13. The quantitative estimate of drug-likeness (QED) is 0.808. The first-order valence-corrected chi connectivity index (χ1v) is 7.54. The summed E-state index contributed by atoms with van der Waals surface area (Å²) >= 11 is 0. The van der Waals surface area contributed by atoms with Gasteiger partial charge in [-0.3, -0.25) is 9.00 Å². The van der Waals surface area contributed by atoms with Crippen LogP contribution >= 0.6 is 0 Å². The summed E-state index contributed by atoms with van der Waals surface area (Å²) in [4.78, 5) is 12.3. The molecule has 1 unspecified atom stereocenters. The molecule has 2 nitrogen and oxygen atoms in total. The van der Waals surface area contributed by atoms with Gasteiger partial charge in [0.05, 0.1) is 21.4 Å². The van der Waals surface area contributed by atoms with Gasteiger partial charge in [0.25, 0.3) is 0 Å². The van der Waals surface area contributed by atoms with Crippen LogP contribution in [0.1, 0.15) is 21.5 Å². The Morgan fingerprint density at radius 3 is 2.55 bits per heavy atom. The fraction of sp³-hybridized carbons (Fsp3) is 0.188. The van der Waals surface area contributed by atoms with Crippen molar-refractivity contribution in [3.8, 4) is 0 Å². The third-order valence-corrected chi connectivity index (χ3v) is 4.38. The maximum Gasteiger partial charge on any atom is 0.175 e. The second kappa shape index (κ2) is 6.09. The van der Waals surface area contributed by atoms with E-state index in [1.165, 1.54) is 18.2 Å². The number of ketones is 1. The number of Topliss-reactive ketones (excluding diaryl/α,β-unsaturated/α-hetero) is 1. The van der Waals surface area contributed by atoms with Gasteiger partial charge in [-0.1, -0.05) is 29.8 Å². The largest absolute Gasteiger partial charge is 0.293 e. The molecule has 2 aromatic carbocycles. The van der Waals surface area contributed by atoms with Crippen molar-refractivity contribution in [2.45, 2.75) is 18.7 Å². The number of aryl methyl sites for hydroxylation is 2. The van der Waals surface area contributed by atoms with Gasteiger partial charge in [-0.05, 0) is 37.6 Å². The highest BCUT2D eigenvalue weighted by Crippen LogP contribution is 2.16. The Bertz CT molecular complexity index is 680. The highest BCUT2D eigenvalue weighted by atomic mass is 32.2. The van der Waals surface area contributed by atoms with Gasteiger partial charge in [0.15, 0.2) is 5.78 Å². The zero-order valence-electron chi connectivity index (χ0n) is 11.4. The highest BCUT2D eigenvalue weighted by molar-refractivity contribution is 7.85. The Morgan fingerprint density at radius 2 is 1.85 bits per heavy atom. The zero-order chi connectivity index (χ0) is 14.7. The summed E-state index contributed by atoms with van der Waals surface area (Å²) in [5.41, 5.74) is 2.36. The van der Waals surface area contributed by atoms with Crippen molar-refractivity contribution in [1.29, 1.82) is 0 Å².